The average molecular weight is 565 g/mol. The second-order valence-corrected chi connectivity index (χ2v) is 10.4. The molecule has 0 radical (unpaired) electrons. The molecule has 1 saturated heterocycles. The van der Waals surface area contributed by atoms with Crippen LogP contribution in [0.1, 0.15) is 19.3 Å². The first kappa shape index (κ1) is 28.0. The van der Waals surface area contributed by atoms with E-state index in [2.05, 4.69) is 25.8 Å². The van der Waals surface area contributed by atoms with E-state index in [9.17, 15) is 23.2 Å². The molecule has 0 unspecified atom stereocenters. The number of rotatable bonds is 8. The van der Waals surface area contributed by atoms with E-state index < -0.39 is 28.9 Å². The Hall–Kier alpha value is -4.58. The molecule has 0 bridgehead atoms. The Morgan fingerprint density at radius 2 is 1.66 bits per heavy atom. The van der Waals surface area contributed by atoms with Gasteiger partial charge in [-0.05, 0) is 75.8 Å². The molecule has 0 spiro atoms. The summed E-state index contributed by atoms with van der Waals surface area (Å²) >= 11 is 0. The van der Waals surface area contributed by atoms with E-state index in [4.69, 9.17) is 4.74 Å². The molecule has 1 aliphatic heterocycles. The summed E-state index contributed by atoms with van der Waals surface area (Å²) < 4.78 is 33.8. The number of ether oxygens (including phenoxy) is 1. The van der Waals surface area contributed by atoms with Gasteiger partial charge in [-0.1, -0.05) is 0 Å². The van der Waals surface area contributed by atoms with Crippen LogP contribution in [0.15, 0.2) is 60.8 Å². The molecule has 1 saturated carbocycles. The highest BCUT2D eigenvalue weighted by Crippen LogP contribution is 2.47. The van der Waals surface area contributed by atoms with Gasteiger partial charge in [0.1, 0.15) is 34.4 Å². The van der Waals surface area contributed by atoms with Crippen molar-refractivity contribution in [2.24, 2.45) is 5.41 Å². The third-order valence-corrected chi connectivity index (χ3v) is 7.29. The summed E-state index contributed by atoms with van der Waals surface area (Å²) in [6, 6.07) is 12.3. The van der Waals surface area contributed by atoms with Crippen LogP contribution in [0.5, 0.6) is 11.5 Å². The van der Waals surface area contributed by atoms with Crippen LogP contribution >= 0.6 is 0 Å². The molecule has 1 aliphatic carbocycles. The van der Waals surface area contributed by atoms with Crippen LogP contribution in [0.2, 0.25) is 0 Å². The molecule has 2 heterocycles. The molecule has 4 amide bonds. The van der Waals surface area contributed by atoms with Gasteiger partial charge in [-0.2, -0.15) is 0 Å². The lowest BCUT2D eigenvalue weighted by Crippen LogP contribution is -2.37. The summed E-state index contributed by atoms with van der Waals surface area (Å²) in [4.78, 5) is 46.3. The van der Waals surface area contributed by atoms with Gasteiger partial charge in [0.25, 0.3) is 0 Å². The molecule has 1 atom stereocenters. The first-order valence-corrected chi connectivity index (χ1v) is 13.2. The lowest BCUT2D eigenvalue weighted by molar-refractivity contribution is -0.131. The van der Waals surface area contributed by atoms with Gasteiger partial charge in [0.2, 0.25) is 11.8 Å². The number of benzene rings is 2. The summed E-state index contributed by atoms with van der Waals surface area (Å²) in [7, 11) is 3.97. The highest BCUT2D eigenvalue weighted by molar-refractivity contribution is 6.16. The normalized spacial score (nSPS) is 17.2. The largest absolute Gasteiger partial charge is 0.457 e. The predicted molar refractivity (Wildman–Crippen MR) is 149 cm³/mol. The Labute approximate surface area is 235 Å². The standard InChI is InChI=1S/C29H30F2N6O4/c1-36(2)20-10-14-37(17-20)28(40)35-25-16-22(9-13-32-25)41-21-7-8-24(23(31)15-21)34-27(39)29(11-12-29)26(38)33-19-5-3-18(30)4-6-19/h3-9,13,15-16,20H,10-12,14,17H2,1-2H3,(H,33,38)(H,34,39)(H,32,35,40)/t20-/m1/s1. The van der Waals surface area contributed by atoms with E-state index in [0.29, 0.717) is 49.2 Å². The van der Waals surface area contributed by atoms with Gasteiger partial charge in [0.15, 0.2) is 0 Å². The first-order valence-electron chi connectivity index (χ1n) is 13.2. The minimum absolute atomic E-state index is 0.104. The molecular weight excluding hydrogens is 534 g/mol. The van der Waals surface area contributed by atoms with Crippen LogP contribution in [0.3, 0.4) is 0 Å². The van der Waals surface area contributed by atoms with Crippen LogP contribution in [-0.2, 0) is 9.59 Å². The molecule has 41 heavy (non-hydrogen) atoms. The van der Waals surface area contributed by atoms with Crippen LogP contribution in [-0.4, -0.2) is 65.9 Å². The number of hydrogen-bond donors (Lipinski definition) is 3. The topological polar surface area (TPSA) is 116 Å². The zero-order valence-corrected chi connectivity index (χ0v) is 22.6. The van der Waals surface area contributed by atoms with Crippen molar-refractivity contribution in [2.45, 2.75) is 25.3 Å². The molecule has 12 heteroatoms. The van der Waals surface area contributed by atoms with E-state index in [-0.39, 0.29) is 17.5 Å². The lowest BCUT2D eigenvalue weighted by Gasteiger charge is -2.20. The number of aromatic nitrogens is 1. The van der Waals surface area contributed by atoms with Gasteiger partial charge in [-0.15, -0.1) is 0 Å². The van der Waals surface area contributed by atoms with Gasteiger partial charge in [0.05, 0.1) is 5.69 Å². The van der Waals surface area contributed by atoms with Crippen LogP contribution in [0, 0.1) is 17.0 Å². The van der Waals surface area contributed by atoms with Crippen molar-refractivity contribution in [2.75, 3.05) is 43.1 Å². The summed E-state index contributed by atoms with van der Waals surface area (Å²) in [5, 5.41) is 7.87. The van der Waals surface area contributed by atoms with Crippen molar-refractivity contribution >= 4 is 35.0 Å². The number of nitrogens with zero attached hydrogens (tertiary/aromatic N) is 3. The third kappa shape index (κ3) is 6.43. The maximum atomic E-state index is 14.9. The summed E-state index contributed by atoms with van der Waals surface area (Å²) in [6.45, 7) is 1.27. The predicted octanol–water partition coefficient (Wildman–Crippen LogP) is 4.68. The maximum Gasteiger partial charge on any atom is 0.323 e. The van der Waals surface area contributed by atoms with E-state index in [1.165, 1.54) is 48.7 Å². The number of nitrogens with one attached hydrogen (secondary N) is 3. The van der Waals surface area contributed by atoms with Crippen LogP contribution in [0.25, 0.3) is 0 Å². The molecule has 3 aromatic rings. The Bertz CT molecular complexity index is 1460. The van der Waals surface area contributed by atoms with Gasteiger partial charge in [-0.25, -0.2) is 18.6 Å². The summed E-state index contributed by atoms with van der Waals surface area (Å²) in [6.07, 6.45) is 2.98. The zero-order chi connectivity index (χ0) is 29.1. The van der Waals surface area contributed by atoms with Gasteiger partial charge in [0, 0.05) is 43.1 Å². The molecule has 3 N–H and O–H groups in total. The fraction of sp³-hybridized carbons (Fsp3) is 0.310. The number of pyridine rings is 1. The molecule has 5 rings (SSSR count). The minimum Gasteiger partial charge on any atom is -0.457 e. The second kappa shape index (κ2) is 11.5. The van der Waals surface area contributed by atoms with Crippen LogP contribution in [0.4, 0.5) is 30.8 Å². The van der Waals surface area contributed by atoms with E-state index >= 15 is 0 Å². The smallest absolute Gasteiger partial charge is 0.323 e. The van der Waals surface area contributed by atoms with Crippen molar-refractivity contribution in [1.29, 1.82) is 0 Å². The Kier molecular flexibility index (Phi) is 7.84. The molecule has 1 aromatic heterocycles. The number of amides is 4. The zero-order valence-electron chi connectivity index (χ0n) is 22.6. The van der Waals surface area contributed by atoms with Crippen molar-refractivity contribution in [3.63, 3.8) is 0 Å². The molecule has 2 aliphatic rings. The molecule has 214 valence electrons. The number of urea groups is 1. The van der Waals surface area contributed by atoms with E-state index in [1.54, 1.807) is 11.0 Å². The molecule has 10 nitrogen and oxygen atoms in total. The number of likely N-dealkylation sites (tertiary alicyclic amines) is 1. The average Bonchev–Trinajstić information content (AvgIpc) is 3.60. The minimum atomic E-state index is -1.32. The van der Waals surface area contributed by atoms with Crippen LogP contribution < -0.4 is 20.7 Å². The van der Waals surface area contributed by atoms with Gasteiger partial charge in [-0.3, -0.25) is 14.9 Å². The Morgan fingerprint density at radius 3 is 2.32 bits per heavy atom. The van der Waals surface area contributed by atoms with Crippen molar-refractivity contribution in [3.8, 4) is 11.5 Å². The summed E-state index contributed by atoms with van der Waals surface area (Å²) in [5.74, 6) is -1.59. The van der Waals surface area contributed by atoms with Gasteiger partial charge < -0.3 is 25.2 Å². The van der Waals surface area contributed by atoms with E-state index in [1.807, 2.05) is 14.1 Å². The summed E-state index contributed by atoms with van der Waals surface area (Å²) in [5.41, 5.74) is -1.07. The van der Waals surface area contributed by atoms with Crippen molar-refractivity contribution < 1.29 is 27.9 Å². The number of carbonyl (C=O) groups is 3. The highest BCUT2D eigenvalue weighted by Gasteiger charge is 2.56. The lowest BCUT2D eigenvalue weighted by atomic mass is 10.0. The van der Waals surface area contributed by atoms with Crippen molar-refractivity contribution in [1.82, 2.24) is 14.8 Å². The monoisotopic (exact) mass is 564 g/mol. The molecular formula is C29H30F2N6O4. The quantitative estimate of drug-likeness (QED) is 0.343. The fourth-order valence-corrected chi connectivity index (χ4v) is 4.58. The fourth-order valence-electron chi connectivity index (χ4n) is 4.58. The third-order valence-electron chi connectivity index (χ3n) is 7.29. The number of anilines is 3. The number of halogens is 2. The SMILES string of the molecule is CN(C)[C@@H]1CCN(C(=O)Nc2cc(Oc3ccc(NC(=O)C4(C(=O)Nc5ccc(F)cc5)CC4)c(F)c3)ccn2)C1. The van der Waals surface area contributed by atoms with Crippen molar-refractivity contribution in [3.05, 3.63) is 72.4 Å². The molecule has 2 fully saturated rings. The van der Waals surface area contributed by atoms with Gasteiger partial charge >= 0.3 is 6.03 Å². The second-order valence-electron chi connectivity index (χ2n) is 10.4. The Morgan fingerprint density at radius 1 is 0.951 bits per heavy atom. The number of carbonyl (C=O) groups excluding carboxylic acids is 3. The van der Waals surface area contributed by atoms with E-state index in [0.717, 1.165) is 12.5 Å². The Balaban J connectivity index is 1.18. The maximum absolute atomic E-state index is 14.9. The number of likely N-dealkylation sites (N-methyl/N-ethyl adjacent to an activating group) is 1. The highest BCUT2D eigenvalue weighted by atomic mass is 19.1. The first-order chi connectivity index (χ1) is 19.6. The number of hydrogen-bond acceptors (Lipinski definition) is 6. The molecule has 2 aromatic carbocycles.